The van der Waals surface area contributed by atoms with E-state index in [1.807, 2.05) is 58.9 Å². The highest BCUT2D eigenvalue weighted by Gasteiger charge is 2.52. The molecule has 0 amide bonds. The van der Waals surface area contributed by atoms with Crippen molar-refractivity contribution in [3.05, 3.63) is 39.8 Å². The second-order valence-corrected chi connectivity index (χ2v) is 7.21. The molecule has 0 unspecified atom stereocenters. The second-order valence-electron chi connectivity index (χ2n) is 6.49. The first-order valence-electron chi connectivity index (χ1n) is 7.09. The number of benzene rings is 1. The molecule has 1 aliphatic heterocycles. The molecule has 0 saturated carbocycles. The van der Waals surface area contributed by atoms with Crippen LogP contribution in [0.15, 0.2) is 23.7 Å². The Morgan fingerprint density at radius 1 is 1.24 bits per heavy atom. The van der Waals surface area contributed by atoms with Gasteiger partial charge in [0.05, 0.1) is 11.2 Å². The van der Waals surface area contributed by atoms with E-state index in [4.69, 9.17) is 20.9 Å². The number of thiol groups is 1. The Labute approximate surface area is 138 Å². The SMILES string of the molecule is Cc1ccc(C=C(CS)B2OC(C)(C)C(C)(C)O2)c(Cl)c1. The highest BCUT2D eigenvalue weighted by Crippen LogP contribution is 2.39. The lowest BCUT2D eigenvalue weighted by Crippen LogP contribution is -2.41. The van der Waals surface area contributed by atoms with Gasteiger partial charge in [0.2, 0.25) is 0 Å². The minimum Gasteiger partial charge on any atom is -0.400 e. The molecule has 1 heterocycles. The number of rotatable bonds is 3. The number of aryl methyl sites for hydroxylation is 1. The first kappa shape index (κ1) is 16.9. The van der Waals surface area contributed by atoms with E-state index >= 15 is 0 Å². The van der Waals surface area contributed by atoms with Crippen LogP contribution in [-0.4, -0.2) is 24.1 Å². The van der Waals surface area contributed by atoms with Crippen molar-refractivity contribution in [2.75, 3.05) is 5.75 Å². The van der Waals surface area contributed by atoms with Gasteiger partial charge in [-0.15, -0.1) is 0 Å². The van der Waals surface area contributed by atoms with Crippen LogP contribution < -0.4 is 0 Å². The Balaban J connectivity index is 2.31. The maximum Gasteiger partial charge on any atom is 0.491 e. The average Bonchev–Trinajstić information content (AvgIpc) is 2.57. The molecule has 2 rings (SSSR count). The molecule has 114 valence electrons. The van der Waals surface area contributed by atoms with Crippen LogP contribution in [0.3, 0.4) is 0 Å². The van der Waals surface area contributed by atoms with Crippen LogP contribution in [0, 0.1) is 6.92 Å². The lowest BCUT2D eigenvalue weighted by Gasteiger charge is -2.32. The van der Waals surface area contributed by atoms with Crippen molar-refractivity contribution in [1.29, 1.82) is 0 Å². The Morgan fingerprint density at radius 3 is 2.29 bits per heavy atom. The quantitative estimate of drug-likeness (QED) is 0.647. The Hall–Kier alpha value is -0.415. The molecular weight excluding hydrogens is 303 g/mol. The zero-order valence-corrected chi connectivity index (χ0v) is 14.9. The van der Waals surface area contributed by atoms with Crippen molar-refractivity contribution < 1.29 is 9.31 Å². The topological polar surface area (TPSA) is 18.5 Å². The number of hydrogen-bond donors (Lipinski definition) is 1. The lowest BCUT2D eigenvalue weighted by atomic mass is 9.78. The molecule has 0 atom stereocenters. The smallest absolute Gasteiger partial charge is 0.400 e. The summed E-state index contributed by atoms with van der Waals surface area (Å²) in [4.78, 5) is 0. The highest BCUT2D eigenvalue weighted by molar-refractivity contribution is 7.80. The van der Waals surface area contributed by atoms with Crippen molar-refractivity contribution in [2.24, 2.45) is 0 Å². The molecule has 1 aliphatic rings. The largest absolute Gasteiger partial charge is 0.491 e. The zero-order chi connectivity index (χ0) is 15.8. The molecule has 0 radical (unpaired) electrons. The second kappa shape index (κ2) is 6.00. The van der Waals surface area contributed by atoms with Gasteiger partial charge < -0.3 is 9.31 Å². The van der Waals surface area contributed by atoms with E-state index in [9.17, 15) is 0 Å². The summed E-state index contributed by atoms with van der Waals surface area (Å²) in [5.41, 5.74) is 2.37. The van der Waals surface area contributed by atoms with Gasteiger partial charge in [0.15, 0.2) is 0 Å². The van der Waals surface area contributed by atoms with Crippen LogP contribution in [0.4, 0.5) is 0 Å². The lowest BCUT2D eigenvalue weighted by molar-refractivity contribution is 0.00578. The summed E-state index contributed by atoms with van der Waals surface area (Å²) in [7, 11) is -0.384. The van der Waals surface area contributed by atoms with Crippen LogP contribution in [0.2, 0.25) is 5.02 Å². The predicted octanol–water partition coefficient (Wildman–Crippen LogP) is 4.59. The first-order chi connectivity index (χ1) is 9.66. The maximum absolute atomic E-state index is 6.30. The fourth-order valence-corrected chi connectivity index (χ4v) is 2.66. The molecule has 1 aromatic carbocycles. The van der Waals surface area contributed by atoms with Crippen LogP contribution >= 0.6 is 24.2 Å². The van der Waals surface area contributed by atoms with Crippen LogP contribution in [0.1, 0.15) is 38.8 Å². The average molecular weight is 325 g/mol. The Morgan fingerprint density at radius 2 is 1.81 bits per heavy atom. The van der Waals surface area contributed by atoms with E-state index in [1.165, 1.54) is 0 Å². The summed E-state index contributed by atoms with van der Waals surface area (Å²) in [6.07, 6.45) is 2.01. The summed E-state index contributed by atoms with van der Waals surface area (Å²) in [6.45, 7) is 10.2. The molecule has 1 saturated heterocycles. The van der Waals surface area contributed by atoms with Crippen LogP contribution in [-0.2, 0) is 9.31 Å². The van der Waals surface area contributed by atoms with Crippen molar-refractivity contribution in [1.82, 2.24) is 0 Å². The molecule has 1 aromatic rings. The van der Waals surface area contributed by atoms with Crippen LogP contribution in [0.5, 0.6) is 0 Å². The third-order valence-corrected chi connectivity index (χ3v) is 4.93. The molecule has 21 heavy (non-hydrogen) atoms. The van der Waals surface area contributed by atoms with Crippen molar-refractivity contribution in [3.8, 4) is 0 Å². The Bertz CT molecular complexity index is 553. The molecule has 0 N–H and O–H groups in total. The molecule has 0 bridgehead atoms. The molecule has 5 heteroatoms. The van der Waals surface area contributed by atoms with Gasteiger partial charge in [-0.05, 0) is 57.3 Å². The van der Waals surface area contributed by atoms with E-state index < -0.39 is 0 Å². The van der Waals surface area contributed by atoms with Crippen LogP contribution in [0.25, 0.3) is 6.08 Å². The minimum absolute atomic E-state index is 0.350. The molecule has 0 aromatic heterocycles. The monoisotopic (exact) mass is 324 g/mol. The summed E-state index contributed by atoms with van der Waals surface area (Å²) in [5, 5.41) is 0.728. The fraction of sp³-hybridized carbons (Fsp3) is 0.500. The third kappa shape index (κ3) is 3.50. The van der Waals surface area contributed by atoms with Gasteiger partial charge in [-0.25, -0.2) is 0 Å². The minimum atomic E-state index is -0.384. The summed E-state index contributed by atoms with van der Waals surface area (Å²) in [6, 6.07) is 6.00. The van der Waals surface area contributed by atoms with Gasteiger partial charge in [0.25, 0.3) is 0 Å². The molecule has 2 nitrogen and oxygen atoms in total. The highest BCUT2D eigenvalue weighted by atomic mass is 35.5. The summed E-state index contributed by atoms with van der Waals surface area (Å²) < 4.78 is 12.1. The predicted molar refractivity (Wildman–Crippen MR) is 94.1 cm³/mol. The van der Waals surface area contributed by atoms with E-state index in [2.05, 4.69) is 12.6 Å². The van der Waals surface area contributed by atoms with E-state index in [1.54, 1.807) is 0 Å². The van der Waals surface area contributed by atoms with Crippen molar-refractivity contribution >= 4 is 37.4 Å². The van der Waals surface area contributed by atoms with E-state index in [0.29, 0.717) is 5.75 Å². The normalized spacial score (nSPS) is 20.9. The Kier molecular flexibility index (Phi) is 4.84. The van der Waals surface area contributed by atoms with Gasteiger partial charge in [0, 0.05) is 10.8 Å². The molecule has 0 spiro atoms. The van der Waals surface area contributed by atoms with E-state index in [-0.39, 0.29) is 18.3 Å². The fourth-order valence-electron chi connectivity index (χ4n) is 2.13. The third-order valence-electron chi connectivity index (χ3n) is 4.24. The zero-order valence-electron chi connectivity index (χ0n) is 13.2. The van der Waals surface area contributed by atoms with Gasteiger partial charge >= 0.3 is 7.12 Å². The van der Waals surface area contributed by atoms with Gasteiger partial charge in [-0.1, -0.05) is 29.8 Å². The van der Waals surface area contributed by atoms with Gasteiger partial charge in [0.1, 0.15) is 0 Å². The number of halogens is 1. The summed E-state index contributed by atoms with van der Waals surface area (Å²) >= 11 is 10.7. The van der Waals surface area contributed by atoms with Gasteiger partial charge in [-0.2, -0.15) is 12.6 Å². The van der Waals surface area contributed by atoms with E-state index in [0.717, 1.165) is 21.6 Å². The summed E-state index contributed by atoms with van der Waals surface area (Å²) in [5.74, 6) is 0.557. The maximum atomic E-state index is 6.30. The number of hydrogen-bond acceptors (Lipinski definition) is 3. The molecule has 0 aliphatic carbocycles. The standard InChI is InChI=1S/C16H22BClO2S/c1-11-6-7-12(14(18)8-11)9-13(10-21)17-19-15(2,3)16(4,5)20-17/h6-9,21H,10H2,1-5H3. The van der Waals surface area contributed by atoms with Crippen molar-refractivity contribution in [3.63, 3.8) is 0 Å². The molecule has 1 fully saturated rings. The van der Waals surface area contributed by atoms with Crippen molar-refractivity contribution in [2.45, 2.75) is 45.8 Å². The van der Waals surface area contributed by atoms with Gasteiger partial charge in [-0.3, -0.25) is 0 Å². The molecular formula is C16H22BClO2S. The first-order valence-corrected chi connectivity index (χ1v) is 8.10.